The Bertz CT molecular complexity index is 489. The Kier molecular flexibility index (Phi) is 4.09. The molecule has 2 N–H and O–H groups in total. The van der Waals surface area contributed by atoms with Gasteiger partial charge in [-0.3, -0.25) is 0 Å². The second-order valence-electron chi connectivity index (χ2n) is 6.78. The molecule has 1 heterocycles. The minimum atomic E-state index is -0.153. The Morgan fingerprint density at radius 1 is 1.24 bits per heavy atom. The third kappa shape index (κ3) is 3.33. The van der Waals surface area contributed by atoms with Crippen LogP contribution < -0.4 is 15.1 Å². The average molecular weight is 289 g/mol. The number of hydrogen-bond donors (Lipinski definition) is 2. The van der Waals surface area contributed by atoms with Crippen LogP contribution in [0.4, 0.5) is 11.4 Å². The highest BCUT2D eigenvalue weighted by Crippen LogP contribution is 2.32. The maximum atomic E-state index is 9.74. The number of fused-ring (bicyclic) bond motifs is 1. The molecule has 1 aromatic rings. The maximum Gasteiger partial charge on any atom is 0.0611 e. The van der Waals surface area contributed by atoms with E-state index in [9.17, 15) is 5.11 Å². The Morgan fingerprint density at radius 2 is 1.95 bits per heavy atom. The van der Waals surface area contributed by atoms with Crippen molar-refractivity contribution in [3.05, 3.63) is 24.3 Å². The van der Waals surface area contributed by atoms with Gasteiger partial charge in [-0.25, -0.2) is 0 Å². The fourth-order valence-corrected chi connectivity index (χ4v) is 3.10. The van der Waals surface area contributed by atoms with Gasteiger partial charge in [0.05, 0.1) is 18.0 Å². The molecular formula is C17H27N3O. The molecule has 1 aliphatic heterocycles. The van der Waals surface area contributed by atoms with Crippen LogP contribution in [0.3, 0.4) is 0 Å². The van der Waals surface area contributed by atoms with Gasteiger partial charge in [0, 0.05) is 38.3 Å². The molecule has 21 heavy (non-hydrogen) atoms. The standard InChI is InChI=1S/C17H27N3O/c1-17(13-21,18-14-7-8-14)9-10-20-12-11-19(2)15-5-3-4-6-16(15)20/h3-6,14,18,21H,7-13H2,1-2H3. The van der Waals surface area contributed by atoms with Crippen LogP contribution in [0.25, 0.3) is 0 Å². The Morgan fingerprint density at radius 3 is 2.62 bits per heavy atom. The Labute approximate surface area is 127 Å². The lowest BCUT2D eigenvalue weighted by atomic mass is 9.98. The first-order valence-corrected chi connectivity index (χ1v) is 8.05. The molecule has 1 aliphatic carbocycles. The van der Waals surface area contributed by atoms with E-state index in [0.717, 1.165) is 26.1 Å². The monoisotopic (exact) mass is 289 g/mol. The molecule has 0 spiro atoms. The van der Waals surface area contributed by atoms with Crippen LogP contribution in [0.1, 0.15) is 26.2 Å². The molecule has 4 nitrogen and oxygen atoms in total. The van der Waals surface area contributed by atoms with Crippen molar-refractivity contribution < 1.29 is 5.11 Å². The van der Waals surface area contributed by atoms with Gasteiger partial charge in [0.1, 0.15) is 0 Å². The van der Waals surface area contributed by atoms with Gasteiger partial charge in [-0.1, -0.05) is 12.1 Å². The number of rotatable bonds is 6. The number of likely N-dealkylation sites (N-methyl/N-ethyl adjacent to an activating group) is 1. The zero-order chi connectivity index (χ0) is 14.9. The van der Waals surface area contributed by atoms with Gasteiger partial charge in [-0.05, 0) is 38.3 Å². The summed E-state index contributed by atoms with van der Waals surface area (Å²) in [6.45, 7) is 5.45. The van der Waals surface area contributed by atoms with E-state index in [-0.39, 0.29) is 12.1 Å². The Balaban J connectivity index is 1.66. The van der Waals surface area contributed by atoms with Gasteiger partial charge in [0.15, 0.2) is 0 Å². The van der Waals surface area contributed by atoms with Gasteiger partial charge < -0.3 is 20.2 Å². The number of benzene rings is 1. The number of hydrogen-bond acceptors (Lipinski definition) is 4. The average Bonchev–Trinajstić information content (AvgIpc) is 3.31. The van der Waals surface area contributed by atoms with Crippen LogP contribution >= 0.6 is 0 Å². The summed E-state index contributed by atoms with van der Waals surface area (Å²) in [4.78, 5) is 4.78. The summed E-state index contributed by atoms with van der Waals surface area (Å²) in [6.07, 6.45) is 3.48. The summed E-state index contributed by atoms with van der Waals surface area (Å²) in [7, 11) is 2.16. The topological polar surface area (TPSA) is 38.7 Å². The zero-order valence-corrected chi connectivity index (χ0v) is 13.2. The molecule has 1 saturated carbocycles. The molecule has 1 fully saturated rings. The van der Waals surface area contributed by atoms with E-state index >= 15 is 0 Å². The van der Waals surface area contributed by atoms with Gasteiger partial charge in [0.25, 0.3) is 0 Å². The second kappa shape index (κ2) is 5.85. The lowest BCUT2D eigenvalue weighted by Crippen LogP contribution is -2.50. The first-order chi connectivity index (χ1) is 10.1. The number of para-hydroxylation sites is 2. The molecule has 2 aliphatic rings. The molecule has 1 atom stereocenters. The number of aliphatic hydroxyl groups excluding tert-OH is 1. The minimum Gasteiger partial charge on any atom is -0.394 e. The summed E-state index contributed by atoms with van der Waals surface area (Å²) >= 11 is 0. The largest absolute Gasteiger partial charge is 0.394 e. The molecule has 1 aromatic carbocycles. The number of nitrogens with one attached hydrogen (secondary N) is 1. The van der Waals surface area contributed by atoms with E-state index in [2.05, 4.69) is 53.4 Å². The molecule has 3 rings (SSSR count). The van der Waals surface area contributed by atoms with Crippen LogP contribution in [0.2, 0.25) is 0 Å². The highest BCUT2D eigenvalue weighted by molar-refractivity contribution is 5.73. The first kappa shape index (κ1) is 14.7. The predicted molar refractivity (Wildman–Crippen MR) is 88.2 cm³/mol. The Hall–Kier alpha value is -1.26. The van der Waals surface area contributed by atoms with Gasteiger partial charge in [-0.15, -0.1) is 0 Å². The van der Waals surface area contributed by atoms with Crippen molar-refractivity contribution in [2.24, 2.45) is 0 Å². The molecule has 0 bridgehead atoms. The minimum absolute atomic E-state index is 0.153. The van der Waals surface area contributed by atoms with Crippen molar-refractivity contribution in [2.75, 3.05) is 43.1 Å². The normalized spacial score (nSPS) is 21.1. The highest BCUT2D eigenvalue weighted by Gasteiger charge is 2.32. The van der Waals surface area contributed by atoms with Crippen LogP contribution in [-0.4, -0.2) is 50.0 Å². The van der Waals surface area contributed by atoms with Crippen molar-refractivity contribution in [1.82, 2.24) is 5.32 Å². The van der Waals surface area contributed by atoms with Crippen LogP contribution in [0.5, 0.6) is 0 Å². The van der Waals surface area contributed by atoms with Crippen LogP contribution in [-0.2, 0) is 0 Å². The third-order valence-electron chi connectivity index (χ3n) is 4.75. The van der Waals surface area contributed by atoms with Crippen molar-refractivity contribution in [2.45, 2.75) is 37.8 Å². The van der Waals surface area contributed by atoms with Crippen LogP contribution in [0, 0.1) is 0 Å². The van der Waals surface area contributed by atoms with Gasteiger partial charge >= 0.3 is 0 Å². The number of anilines is 2. The third-order valence-corrected chi connectivity index (χ3v) is 4.75. The summed E-state index contributed by atoms with van der Waals surface area (Å²) in [5, 5.41) is 13.3. The molecule has 0 radical (unpaired) electrons. The SMILES string of the molecule is CN1CCN(CCC(C)(CO)NC2CC2)c2ccccc21. The van der Waals surface area contributed by atoms with Gasteiger partial charge in [-0.2, -0.15) is 0 Å². The molecule has 0 saturated heterocycles. The quantitative estimate of drug-likeness (QED) is 0.838. The van der Waals surface area contributed by atoms with E-state index < -0.39 is 0 Å². The molecule has 116 valence electrons. The van der Waals surface area contributed by atoms with E-state index in [0.29, 0.717) is 6.04 Å². The summed E-state index contributed by atoms with van der Waals surface area (Å²) in [6, 6.07) is 9.23. The van der Waals surface area contributed by atoms with Crippen LogP contribution in [0.15, 0.2) is 24.3 Å². The smallest absolute Gasteiger partial charge is 0.0611 e. The summed E-state index contributed by atoms with van der Waals surface area (Å²) in [5.41, 5.74) is 2.47. The first-order valence-electron chi connectivity index (χ1n) is 8.05. The summed E-state index contributed by atoms with van der Waals surface area (Å²) in [5.74, 6) is 0. The van der Waals surface area contributed by atoms with Crippen molar-refractivity contribution in [3.8, 4) is 0 Å². The number of nitrogens with zero attached hydrogens (tertiary/aromatic N) is 2. The zero-order valence-electron chi connectivity index (χ0n) is 13.2. The molecule has 0 aromatic heterocycles. The van der Waals surface area contributed by atoms with E-state index in [1.807, 2.05) is 0 Å². The highest BCUT2D eigenvalue weighted by atomic mass is 16.3. The fraction of sp³-hybridized carbons (Fsp3) is 0.647. The van der Waals surface area contributed by atoms with E-state index in [4.69, 9.17) is 0 Å². The predicted octanol–water partition coefficient (Wildman–Crippen LogP) is 1.84. The number of aliphatic hydroxyl groups is 1. The van der Waals surface area contributed by atoms with Gasteiger partial charge in [0.2, 0.25) is 0 Å². The molecule has 1 unspecified atom stereocenters. The molecule has 4 heteroatoms. The second-order valence-corrected chi connectivity index (χ2v) is 6.78. The van der Waals surface area contributed by atoms with Crippen molar-refractivity contribution >= 4 is 11.4 Å². The van der Waals surface area contributed by atoms with E-state index in [1.165, 1.54) is 24.2 Å². The molecule has 0 amide bonds. The lowest BCUT2D eigenvalue weighted by molar-refractivity contribution is 0.165. The fourth-order valence-electron chi connectivity index (χ4n) is 3.10. The maximum absolute atomic E-state index is 9.74. The van der Waals surface area contributed by atoms with E-state index in [1.54, 1.807) is 0 Å². The summed E-state index contributed by atoms with van der Waals surface area (Å²) < 4.78 is 0. The van der Waals surface area contributed by atoms with Crippen molar-refractivity contribution in [3.63, 3.8) is 0 Å². The lowest BCUT2D eigenvalue weighted by Gasteiger charge is -2.39. The van der Waals surface area contributed by atoms with Crippen molar-refractivity contribution in [1.29, 1.82) is 0 Å². The molecular weight excluding hydrogens is 262 g/mol.